The van der Waals surface area contributed by atoms with Crippen LogP contribution in [0.4, 0.5) is 13.2 Å². The molecule has 0 amide bonds. The van der Waals surface area contributed by atoms with E-state index in [-0.39, 0.29) is 46.9 Å². The van der Waals surface area contributed by atoms with Crippen LogP contribution in [-0.2, 0) is 20.0 Å². The van der Waals surface area contributed by atoms with Gasteiger partial charge in [-0.25, -0.2) is 9.97 Å². The standard InChI is InChI=1S/C18H15F3N6O3S/c1-26-8-22-16-15(26)17(29)27(9-23-16)7-14-24-13(25-30-14)6-12(28)10-2-4-11(5-3-10)31-18(19,20)21/h2-5,8-9,12,28H,6-7H2,1H3. The molecular weight excluding hydrogens is 437 g/mol. The van der Waals surface area contributed by atoms with Crippen LogP contribution in [0, 0.1) is 0 Å². The van der Waals surface area contributed by atoms with Gasteiger partial charge in [-0.05, 0) is 29.5 Å². The zero-order valence-corrected chi connectivity index (χ0v) is 16.8. The van der Waals surface area contributed by atoms with Crippen molar-refractivity contribution in [3.63, 3.8) is 0 Å². The van der Waals surface area contributed by atoms with E-state index in [9.17, 15) is 23.1 Å². The van der Waals surface area contributed by atoms with Crippen molar-refractivity contribution in [2.24, 2.45) is 7.05 Å². The van der Waals surface area contributed by atoms with Crippen molar-refractivity contribution in [2.75, 3.05) is 0 Å². The summed E-state index contributed by atoms with van der Waals surface area (Å²) in [5.74, 6) is 0.336. The number of alkyl halides is 3. The number of aliphatic hydroxyl groups excluding tert-OH is 1. The van der Waals surface area contributed by atoms with Gasteiger partial charge in [0, 0.05) is 18.4 Å². The lowest BCUT2D eigenvalue weighted by molar-refractivity contribution is -0.0328. The van der Waals surface area contributed by atoms with Gasteiger partial charge >= 0.3 is 5.51 Å². The molecule has 9 nitrogen and oxygen atoms in total. The van der Waals surface area contributed by atoms with Crippen LogP contribution in [-0.4, -0.2) is 39.9 Å². The number of rotatable bonds is 6. The summed E-state index contributed by atoms with van der Waals surface area (Å²) in [5.41, 5.74) is -3.61. The lowest BCUT2D eigenvalue weighted by Crippen LogP contribution is -2.22. The van der Waals surface area contributed by atoms with Crippen LogP contribution < -0.4 is 5.56 Å². The van der Waals surface area contributed by atoms with E-state index >= 15 is 0 Å². The van der Waals surface area contributed by atoms with Crippen molar-refractivity contribution >= 4 is 22.9 Å². The lowest BCUT2D eigenvalue weighted by Gasteiger charge is -2.10. The fourth-order valence-electron chi connectivity index (χ4n) is 2.95. The van der Waals surface area contributed by atoms with Crippen molar-refractivity contribution < 1.29 is 22.8 Å². The highest BCUT2D eigenvalue weighted by molar-refractivity contribution is 8.00. The molecule has 0 aliphatic rings. The van der Waals surface area contributed by atoms with Gasteiger partial charge in [-0.3, -0.25) is 9.36 Å². The fraction of sp³-hybridized carbons (Fsp3) is 0.278. The summed E-state index contributed by atoms with van der Waals surface area (Å²) in [5, 5.41) is 14.1. The third kappa shape index (κ3) is 4.77. The van der Waals surface area contributed by atoms with Crippen molar-refractivity contribution in [1.29, 1.82) is 0 Å². The molecule has 0 saturated carbocycles. The molecule has 1 unspecified atom stereocenters. The second-order valence-corrected chi connectivity index (χ2v) is 7.78. The van der Waals surface area contributed by atoms with E-state index in [1.807, 2.05) is 0 Å². The Morgan fingerprint density at radius 1 is 1.19 bits per heavy atom. The first-order valence-electron chi connectivity index (χ1n) is 8.91. The van der Waals surface area contributed by atoms with Crippen LogP contribution in [0.15, 0.2) is 51.1 Å². The van der Waals surface area contributed by atoms with Gasteiger partial charge in [-0.2, -0.15) is 18.2 Å². The van der Waals surface area contributed by atoms with Crippen LogP contribution in [0.5, 0.6) is 0 Å². The molecule has 0 aliphatic carbocycles. The minimum atomic E-state index is -4.38. The number of aryl methyl sites for hydroxylation is 1. The number of aromatic nitrogens is 6. The highest BCUT2D eigenvalue weighted by atomic mass is 32.2. The maximum Gasteiger partial charge on any atom is 0.446 e. The smallest absolute Gasteiger partial charge is 0.388 e. The van der Waals surface area contributed by atoms with Crippen LogP contribution in [0.1, 0.15) is 23.4 Å². The van der Waals surface area contributed by atoms with Gasteiger partial charge in [-0.1, -0.05) is 17.3 Å². The molecule has 3 aromatic heterocycles. The van der Waals surface area contributed by atoms with Gasteiger partial charge in [0.15, 0.2) is 17.0 Å². The second kappa shape index (κ2) is 8.15. The van der Waals surface area contributed by atoms with E-state index in [1.54, 1.807) is 11.6 Å². The first-order valence-corrected chi connectivity index (χ1v) is 9.73. The molecule has 0 aliphatic heterocycles. The Kier molecular flexibility index (Phi) is 5.54. The first-order chi connectivity index (χ1) is 14.7. The molecular formula is C18H15F3N6O3S. The Labute approximate surface area is 176 Å². The normalized spacial score (nSPS) is 13.1. The van der Waals surface area contributed by atoms with E-state index in [2.05, 4.69) is 20.1 Å². The van der Waals surface area contributed by atoms with E-state index in [1.165, 1.54) is 41.5 Å². The third-order valence-corrected chi connectivity index (χ3v) is 5.13. The average molecular weight is 452 g/mol. The van der Waals surface area contributed by atoms with Gasteiger partial charge in [-0.15, -0.1) is 0 Å². The van der Waals surface area contributed by atoms with E-state index in [0.29, 0.717) is 16.7 Å². The molecule has 0 radical (unpaired) electrons. The van der Waals surface area contributed by atoms with Gasteiger partial charge < -0.3 is 14.2 Å². The third-order valence-electron chi connectivity index (χ3n) is 4.39. The van der Waals surface area contributed by atoms with Gasteiger partial charge in [0.05, 0.1) is 12.4 Å². The molecule has 4 rings (SSSR count). The Hall–Kier alpha value is -3.19. The predicted molar refractivity (Wildman–Crippen MR) is 103 cm³/mol. The number of benzene rings is 1. The number of fused-ring (bicyclic) bond motifs is 1. The number of nitrogens with zero attached hydrogens (tertiary/aromatic N) is 6. The summed E-state index contributed by atoms with van der Waals surface area (Å²) in [4.78, 5) is 24.9. The summed E-state index contributed by atoms with van der Waals surface area (Å²) in [6, 6.07) is 5.39. The van der Waals surface area contributed by atoms with Crippen molar-refractivity contribution in [3.8, 4) is 0 Å². The minimum Gasteiger partial charge on any atom is -0.388 e. The summed E-state index contributed by atoms with van der Waals surface area (Å²) < 4.78 is 45.2. The Morgan fingerprint density at radius 3 is 2.61 bits per heavy atom. The summed E-state index contributed by atoms with van der Waals surface area (Å²) in [7, 11) is 1.68. The van der Waals surface area contributed by atoms with Crippen LogP contribution >= 0.6 is 11.8 Å². The minimum absolute atomic E-state index is 0.0107. The number of imidazole rings is 1. The maximum absolute atomic E-state index is 12.6. The molecule has 0 fully saturated rings. The first kappa shape index (κ1) is 21.1. The number of thioether (sulfide) groups is 1. The summed E-state index contributed by atoms with van der Waals surface area (Å²) >= 11 is -0.227. The molecule has 13 heteroatoms. The molecule has 31 heavy (non-hydrogen) atoms. The fourth-order valence-corrected chi connectivity index (χ4v) is 3.49. The van der Waals surface area contributed by atoms with E-state index in [4.69, 9.17) is 4.52 Å². The molecule has 0 spiro atoms. The zero-order valence-electron chi connectivity index (χ0n) is 15.9. The van der Waals surface area contributed by atoms with Crippen LogP contribution in [0.2, 0.25) is 0 Å². The van der Waals surface area contributed by atoms with E-state index in [0.717, 1.165) is 0 Å². The number of aliphatic hydroxyl groups is 1. The van der Waals surface area contributed by atoms with Crippen molar-refractivity contribution in [3.05, 3.63) is 64.6 Å². The van der Waals surface area contributed by atoms with E-state index < -0.39 is 11.6 Å². The number of hydrogen-bond donors (Lipinski definition) is 1. The molecule has 1 aromatic carbocycles. The molecule has 3 heterocycles. The largest absolute Gasteiger partial charge is 0.446 e. The second-order valence-electron chi connectivity index (χ2n) is 6.65. The SMILES string of the molecule is Cn1cnc2ncn(Cc3nc(CC(O)c4ccc(SC(F)(F)F)cc4)no3)c(=O)c21. The van der Waals surface area contributed by atoms with Gasteiger partial charge in [0.25, 0.3) is 5.56 Å². The molecule has 1 N–H and O–H groups in total. The van der Waals surface area contributed by atoms with Crippen LogP contribution in [0.3, 0.4) is 0 Å². The number of hydrogen-bond acceptors (Lipinski definition) is 8. The zero-order chi connectivity index (χ0) is 22.2. The molecule has 0 bridgehead atoms. The quantitative estimate of drug-likeness (QED) is 0.444. The Bertz CT molecular complexity index is 1270. The monoisotopic (exact) mass is 452 g/mol. The van der Waals surface area contributed by atoms with Gasteiger partial charge in [0.1, 0.15) is 12.9 Å². The van der Waals surface area contributed by atoms with Gasteiger partial charge in [0.2, 0.25) is 5.89 Å². The van der Waals surface area contributed by atoms with Crippen molar-refractivity contribution in [1.82, 2.24) is 29.2 Å². The molecule has 0 saturated heterocycles. The highest BCUT2D eigenvalue weighted by Crippen LogP contribution is 2.37. The lowest BCUT2D eigenvalue weighted by atomic mass is 10.1. The average Bonchev–Trinajstić information content (AvgIpc) is 3.30. The Morgan fingerprint density at radius 2 is 1.90 bits per heavy atom. The van der Waals surface area contributed by atoms with Crippen molar-refractivity contribution in [2.45, 2.75) is 29.5 Å². The number of halogens is 3. The molecule has 162 valence electrons. The maximum atomic E-state index is 12.6. The summed E-state index contributed by atoms with van der Waals surface area (Å²) in [6.45, 7) is -0.0145. The summed E-state index contributed by atoms with van der Waals surface area (Å²) in [6.07, 6.45) is 1.77. The molecule has 1 atom stereocenters. The van der Waals surface area contributed by atoms with Crippen LogP contribution in [0.25, 0.3) is 11.2 Å². The Balaban J connectivity index is 1.44. The highest BCUT2D eigenvalue weighted by Gasteiger charge is 2.29. The predicted octanol–water partition coefficient (Wildman–Crippen LogP) is 2.45. The molecule has 4 aromatic rings. The topological polar surface area (TPSA) is 112 Å².